The summed E-state index contributed by atoms with van der Waals surface area (Å²) in [4.78, 5) is 35.9. The standard InChI is InChI=1S/C25H28N4O2/c1-18-8-10-19(11-9-18)23-16-21(20-6-4-5-7-22(20)26-23)25(31)29-14-12-28(13-15-29)17-24(30)27(2)3/h4-11,16H,12-15,17H2,1-3H3. The Balaban J connectivity index is 1.59. The zero-order valence-corrected chi connectivity index (χ0v) is 18.3. The number of hydrogen-bond donors (Lipinski definition) is 0. The van der Waals surface area contributed by atoms with Gasteiger partial charge >= 0.3 is 0 Å². The molecule has 0 N–H and O–H groups in total. The number of likely N-dealkylation sites (N-methyl/N-ethyl adjacent to an activating group) is 1. The Morgan fingerprint density at radius 3 is 2.32 bits per heavy atom. The first kappa shape index (κ1) is 21.0. The van der Waals surface area contributed by atoms with Crippen molar-refractivity contribution in [1.82, 2.24) is 19.7 Å². The van der Waals surface area contributed by atoms with Gasteiger partial charge in [0.2, 0.25) is 5.91 Å². The second kappa shape index (κ2) is 8.86. The Morgan fingerprint density at radius 1 is 0.968 bits per heavy atom. The fourth-order valence-electron chi connectivity index (χ4n) is 3.84. The van der Waals surface area contributed by atoms with Gasteiger partial charge in [-0.05, 0) is 19.1 Å². The predicted molar refractivity (Wildman–Crippen MR) is 123 cm³/mol. The highest BCUT2D eigenvalue weighted by Gasteiger charge is 2.25. The van der Waals surface area contributed by atoms with Crippen LogP contribution in [0.3, 0.4) is 0 Å². The number of aromatic nitrogens is 1. The van der Waals surface area contributed by atoms with Crippen molar-refractivity contribution in [3.05, 3.63) is 65.7 Å². The molecule has 0 unspecified atom stereocenters. The lowest BCUT2D eigenvalue weighted by molar-refractivity contribution is -0.130. The van der Waals surface area contributed by atoms with Crippen LogP contribution in [0, 0.1) is 6.92 Å². The van der Waals surface area contributed by atoms with E-state index in [1.807, 2.05) is 47.4 Å². The Bertz CT molecular complexity index is 1100. The lowest BCUT2D eigenvalue weighted by Crippen LogP contribution is -2.51. The maximum atomic E-state index is 13.5. The molecule has 2 aromatic carbocycles. The number of aryl methyl sites for hydroxylation is 1. The molecule has 0 aliphatic carbocycles. The number of carbonyl (C=O) groups is 2. The summed E-state index contributed by atoms with van der Waals surface area (Å²) in [6, 6.07) is 17.9. The second-order valence-corrected chi connectivity index (χ2v) is 8.29. The Morgan fingerprint density at radius 2 is 1.65 bits per heavy atom. The van der Waals surface area contributed by atoms with E-state index in [9.17, 15) is 9.59 Å². The summed E-state index contributed by atoms with van der Waals surface area (Å²) in [5.41, 5.74) is 4.49. The SMILES string of the molecule is Cc1ccc(-c2cc(C(=O)N3CCN(CC(=O)N(C)C)CC3)c3ccccc3n2)cc1. The Hall–Kier alpha value is -3.25. The van der Waals surface area contributed by atoms with E-state index in [-0.39, 0.29) is 11.8 Å². The molecule has 31 heavy (non-hydrogen) atoms. The van der Waals surface area contributed by atoms with Gasteiger partial charge in [-0.15, -0.1) is 0 Å². The van der Waals surface area contributed by atoms with Crippen LogP contribution in [0.4, 0.5) is 0 Å². The normalized spacial score (nSPS) is 14.6. The minimum atomic E-state index is 0.0190. The van der Waals surface area contributed by atoms with Crippen molar-refractivity contribution in [3.63, 3.8) is 0 Å². The smallest absolute Gasteiger partial charge is 0.254 e. The van der Waals surface area contributed by atoms with Gasteiger partial charge in [0, 0.05) is 51.2 Å². The summed E-state index contributed by atoms with van der Waals surface area (Å²) in [7, 11) is 3.53. The topological polar surface area (TPSA) is 56.8 Å². The van der Waals surface area contributed by atoms with Gasteiger partial charge in [-0.25, -0.2) is 4.98 Å². The summed E-state index contributed by atoms with van der Waals surface area (Å²) in [6.45, 7) is 5.05. The quantitative estimate of drug-likeness (QED) is 0.656. The lowest BCUT2D eigenvalue weighted by Gasteiger charge is -2.35. The minimum Gasteiger partial charge on any atom is -0.348 e. The van der Waals surface area contributed by atoms with Crippen LogP contribution in [0.1, 0.15) is 15.9 Å². The minimum absolute atomic E-state index is 0.0190. The molecule has 1 aromatic heterocycles. The van der Waals surface area contributed by atoms with Gasteiger partial charge in [0.15, 0.2) is 0 Å². The van der Waals surface area contributed by atoms with E-state index in [0.29, 0.717) is 38.3 Å². The second-order valence-electron chi connectivity index (χ2n) is 8.29. The van der Waals surface area contributed by atoms with Crippen molar-refractivity contribution >= 4 is 22.7 Å². The third kappa shape index (κ3) is 4.59. The van der Waals surface area contributed by atoms with Crippen LogP contribution >= 0.6 is 0 Å². The molecule has 1 fully saturated rings. The van der Waals surface area contributed by atoms with Gasteiger partial charge in [0.1, 0.15) is 0 Å². The number of carbonyl (C=O) groups excluding carboxylic acids is 2. The Kier molecular flexibility index (Phi) is 6.00. The highest BCUT2D eigenvalue weighted by molar-refractivity contribution is 6.07. The van der Waals surface area contributed by atoms with Gasteiger partial charge in [-0.2, -0.15) is 0 Å². The largest absolute Gasteiger partial charge is 0.348 e. The van der Waals surface area contributed by atoms with E-state index in [1.54, 1.807) is 19.0 Å². The fraction of sp³-hybridized carbons (Fsp3) is 0.320. The molecular formula is C25H28N4O2. The number of rotatable bonds is 4. The van der Waals surface area contributed by atoms with E-state index in [2.05, 4.69) is 24.0 Å². The van der Waals surface area contributed by atoms with Crippen LogP contribution in [-0.2, 0) is 4.79 Å². The summed E-state index contributed by atoms with van der Waals surface area (Å²) in [6.07, 6.45) is 0. The number of piperazine rings is 1. The molecule has 0 bridgehead atoms. The van der Waals surface area contributed by atoms with Crippen LogP contribution in [-0.4, -0.2) is 78.3 Å². The van der Waals surface area contributed by atoms with Crippen LogP contribution in [0.25, 0.3) is 22.2 Å². The Labute approximate surface area is 183 Å². The number of para-hydroxylation sites is 1. The average Bonchev–Trinajstić information content (AvgIpc) is 2.78. The third-order valence-corrected chi connectivity index (χ3v) is 5.81. The van der Waals surface area contributed by atoms with E-state index in [4.69, 9.17) is 4.98 Å². The molecule has 6 nitrogen and oxygen atoms in total. The van der Waals surface area contributed by atoms with Crippen LogP contribution in [0.2, 0.25) is 0 Å². The predicted octanol–water partition coefficient (Wildman–Crippen LogP) is 3.06. The van der Waals surface area contributed by atoms with Crippen molar-refractivity contribution in [2.45, 2.75) is 6.92 Å². The molecule has 0 radical (unpaired) electrons. The molecule has 0 atom stereocenters. The molecule has 1 saturated heterocycles. The molecule has 0 saturated carbocycles. The first-order valence-corrected chi connectivity index (χ1v) is 10.6. The van der Waals surface area contributed by atoms with E-state index < -0.39 is 0 Å². The van der Waals surface area contributed by atoms with Crippen molar-refractivity contribution < 1.29 is 9.59 Å². The molecule has 6 heteroatoms. The maximum absolute atomic E-state index is 13.5. The maximum Gasteiger partial charge on any atom is 0.254 e. The molecule has 3 aromatic rings. The summed E-state index contributed by atoms with van der Waals surface area (Å²) in [5.74, 6) is 0.105. The number of fused-ring (bicyclic) bond motifs is 1. The first-order chi connectivity index (χ1) is 14.9. The molecule has 2 heterocycles. The van der Waals surface area contributed by atoms with Crippen molar-refractivity contribution in [3.8, 4) is 11.3 Å². The molecule has 4 rings (SSSR count). The monoisotopic (exact) mass is 416 g/mol. The van der Waals surface area contributed by atoms with Gasteiger partial charge in [-0.3, -0.25) is 14.5 Å². The van der Waals surface area contributed by atoms with Gasteiger partial charge < -0.3 is 9.80 Å². The number of hydrogen-bond acceptors (Lipinski definition) is 4. The molecule has 2 amide bonds. The first-order valence-electron chi connectivity index (χ1n) is 10.6. The number of nitrogens with zero attached hydrogens (tertiary/aromatic N) is 4. The van der Waals surface area contributed by atoms with Crippen LogP contribution in [0.5, 0.6) is 0 Å². The van der Waals surface area contributed by atoms with Crippen molar-refractivity contribution in [2.75, 3.05) is 46.8 Å². The molecule has 160 valence electrons. The number of pyridine rings is 1. The lowest BCUT2D eigenvalue weighted by atomic mass is 10.0. The zero-order chi connectivity index (χ0) is 22.0. The molecular weight excluding hydrogens is 388 g/mol. The van der Waals surface area contributed by atoms with Gasteiger partial charge in [0.25, 0.3) is 5.91 Å². The molecule has 1 aliphatic rings. The fourth-order valence-corrected chi connectivity index (χ4v) is 3.84. The van der Waals surface area contributed by atoms with E-state index in [1.165, 1.54) is 5.56 Å². The summed E-state index contributed by atoms with van der Waals surface area (Å²) >= 11 is 0. The third-order valence-electron chi connectivity index (χ3n) is 5.81. The summed E-state index contributed by atoms with van der Waals surface area (Å²) < 4.78 is 0. The van der Waals surface area contributed by atoms with Crippen molar-refractivity contribution in [1.29, 1.82) is 0 Å². The van der Waals surface area contributed by atoms with Crippen LogP contribution < -0.4 is 0 Å². The average molecular weight is 417 g/mol. The number of benzene rings is 2. The zero-order valence-electron chi connectivity index (χ0n) is 18.3. The van der Waals surface area contributed by atoms with Crippen molar-refractivity contribution in [2.24, 2.45) is 0 Å². The highest BCUT2D eigenvalue weighted by atomic mass is 16.2. The molecule has 1 aliphatic heterocycles. The van der Waals surface area contributed by atoms with E-state index >= 15 is 0 Å². The van der Waals surface area contributed by atoms with Crippen LogP contribution in [0.15, 0.2) is 54.6 Å². The highest BCUT2D eigenvalue weighted by Crippen LogP contribution is 2.26. The number of amides is 2. The summed E-state index contributed by atoms with van der Waals surface area (Å²) in [5, 5.41) is 0.869. The molecule has 0 spiro atoms. The van der Waals surface area contributed by atoms with Gasteiger partial charge in [0.05, 0.1) is 23.3 Å². The van der Waals surface area contributed by atoms with Gasteiger partial charge in [-0.1, -0.05) is 48.0 Å². The van der Waals surface area contributed by atoms with E-state index in [0.717, 1.165) is 22.2 Å².